The number of quaternary nitrogens is 1. The summed E-state index contributed by atoms with van der Waals surface area (Å²) in [5.41, 5.74) is 3.94. The molecule has 3 heterocycles. The summed E-state index contributed by atoms with van der Waals surface area (Å²) in [4.78, 5) is 33.3. The molecule has 0 saturated carbocycles. The monoisotopic (exact) mass is 548 g/mol. The Labute approximate surface area is 232 Å². The van der Waals surface area contributed by atoms with E-state index in [0.717, 1.165) is 59.5 Å². The summed E-state index contributed by atoms with van der Waals surface area (Å²) < 4.78 is 11.4. The van der Waals surface area contributed by atoms with Crippen molar-refractivity contribution in [2.75, 3.05) is 45.3 Å². The molecule has 204 valence electrons. The second-order valence-corrected chi connectivity index (χ2v) is 11.5. The quantitative estimate of drug-likeness (QED) is 0.341. The number of likely N-dealkylation sites (N-methyl/N-ethyl adjacent to an activating group) is 1. The first-order chi connectivity index (χ1) is 18.8. The lowest BCUT2D eigenvalue weighted by Gasteiger charge is -2.42. The highest BCUT2D eigenvalue weighted by Crippen LogP contribution is 2.39. The number of esters is 1. The van der Waals surface area contributed by atoms with E-state index in [2.05, 4.69) is 41.6 Å². The van der Waals surface area contributed by atoms with Gasteiger partial charge in [0.25, 0.3) is 0 Å². The number of carbonyl (C=O) groups excluding carboxylic acids is 2. The highest BCUT2D eigenvalue weighted by molar-refractivity contribution is 7.16. The summed E-state index contributed by atoms with van der Waals surface area (Å²) >= 11 is 1.73. The van der Waals surface area contributed by atoms with Crippen molar-refractivity contribution in [1.82, 2.24) is 10.2 Å². The molecule has 0 aliphatic carbocycles. The summed E-state index contributed by atoms with van der Waals surface area (Å²) in [5, 5.41) is 7.25. The molecule has 1 saturated heterocycles. The van der Waals surface area contributed by atoms with Gasteiger partial charge in [0.05, 0.1) is 50.2 Å². The fourth-order valence-electron chi connectivity index (χ4n) is 4.62. The van der Waals surface area contributed by atoms with Crippen LogP contribution in [0.4, 0.5) is 21.2 Å². The Morgan fingerprint density at radius 2 is 1.82 bits per heavy atom. The second kappa shape index (κ2) is 11.5. The van der Waals surface area contributed by atoms with E-state index < -0.39 is 18.1 Å². The van der Waals surface area contributed by atoms with Gasteiger partial charge in [-0.1, -0.05) is 42.5 Å². The fraction of sp³-hybridized carbons (Fsp3) is 0.345. The number of amides is 1. The number of rotatable bonds is 6. The third kappa shape index (κ3) is 6.40. The SMILES string of the molecule is Cc1cc2c(s1)Nc1ccccc1N=C2N1CC[N+](C)(COC(=O)NC(C)C(=O)OCc2ccccc2)CC1. The number of amidine groups is 1. The van der Waals surface area contributed by atoms with Gasteiger partial charge in [-0.3, -0.25) is 4.48 Å². The number of aryl methyl sites for hydroxylation is 1. The van der Waals surface area contributed by atoms with Crippen molar-refractivity contribution in [3.05, 3.63) is 76.7 Å². The van der Waals surface area contributed by atoms with Crippen molar-refractivity contribution < 1.29 is 23.5 Å². The lowest BCUT2D eigenvalue weighted by molar-refractivity contribution is -0.928. The van der Waals surface area contributed by atoms with Crippen LogP contribution in [-0.4, -0.2) is 73.3 Å². The number of para-hydroxylation sites is 2. The van der Waals surface area contributed by atoms with Crippen molar-refractivity contribution in [2.24, 2.45) is 4.99 Å². The minimum absolute atomic E-state index is 0.158. The number of aliphatic imine (C=N–C) groups is 1. The molecular weight excluding hydrogens is 514 g/mol. The number of anilines is 2. The first kappa shape index (κ1) is 26.7. The van der Waals surface area contributed by atoms with Crippen LogP contribution in [0.1, 0.15) is 22.9 Å². The van der Waals surface area contributed by atoms with Gasteiger partial charge in [-0.15, -0.1) is 11.3 Å². The highest BCUT2D eigenvalue weighted by atomic mass is 32.1. The molecule has 2 N–H and O–H groups in total. The number of hydrogen-bond acceptors (Lipinski definition) is 8. The standard InChI is InChI=1S/C29H33N5O4S/c1-20-17-23-26(31-24-11-7-8-12-25(24)32-27(23)39-20)33-13-15-34(3,16-14-33)19-38-29(36)30-21(2)28(35)37-18-22-9-5-4-6-10-22/h4-12,17,21H,13-16,18-19H2,1-3H3,(H-,30,31,32,36)/p+1. The molecule has 1 atom stereocenters. The van der Waals surface area contributed by atoms with Gasteiger partial charge in [0.15, 0.2) is 0 Å². The van der Waals surface area contributed by atoms with Crippen molar-refractivity contribution in [2.45, 2.75) is 26.5 Å². The van der Waals surface area contributed by atoms with Crippen LogP contribution in [0, 0.1) is 6.92 Å². The van der Waals surface area contributed by atoms with Gasteiger partial charge in [-0.25, -0.2) is 14.6 Å². The molecule has 2 aromatic carbocycles. The summed E-state index contributed by atoms with van der Waals surface area (Å²) in [5.74, 6) is 0.465. The normalized spacial score (nSPS) is 16.5. The summed E-state index contributed by atoms with van der Waals surface area (Å²) in [6.07, 6.45) is -0.629. The van der Waals surface area contributed by atoms with Crippen LogP contribution < -0.4 is 10.6 Å². The molecule has 39 heavy (non-hydrogen) atoms. The molecule has 2 aliphatic rings. The molecule has 1 aromatic heterocycles. The Morgan fingerprint density at radius 1 is 1.10 bits per heavy atom. The number of benzene rings is 2. The zero-order valence-corrected chi connectivity index (χ0v) is 23.3. The van der Waals surface area contributed by atoms with Crippen molar-refractivity contribution in [3.63, 3.8) is 0 Å². The lowest BCUT2D eigenvalue weighted by atomic mass is 10.2. The second-order valence-electron chi connectivity index (χ2n) is 10.3. The number of ether oxygens (including phenoxy) is 2. The third-order valence-electron chi connectivity index (χ3n) is 7.01. The Morgan fingerprint density at radius 3 is 2.59 bits per heavy atom. The Kier molecular flexibility index (Phi) is 7.85. The first-order valence-corrected chi connectivity index (χ1v) is 13.9. The van der Waals surface area contributed by atoms with E-state index in [0.29, 0.717) is 4.48 Å². The molecule has 0 spiro atoms. The maximum absolute atomic E-state index is 12.4. The van der Waals surface area contributed by atoms with E-state index in [1.54, 1.807) is 18.3 Å². The number of thiophene rings is 1. The van der Waals surface area contributed by atoms with Crippen molar-refractivity contribution in [1.29, 1.82) is 0 Å². The Bertz CT molecular complexity index is 1370. The number of alkyl carbamates (subject to hydrolysis) is 1. The van der Waals surface area contributed by atoms with Gasteiger partial charge in [0.2, 0.25) is 6.73 Å². The van der Waals surface area contributed by atoms with E-state index in [4.69, 9.17) is 14.5 Å². The van der Waals surface area contributed by atoms with E-state index in [1.807, 2.05) is 48.5 Å². The Balaban J connectivity index is 1.14. The third-order valence-corrected chi connectivity index (χ3v) is 7.98. The molecule has 0 bridgehead atoms. The average Bonchev–Trinajstić information content (AvgIpc) is 3.23. The number of nitrogens with one attached hydrogen (secondary N) is 2. The highest BCUT2D eigenvalue weighted by Gasteiger charge is 2.33. The zero-order chi connectivity index (χ0) is 27.4. The van der Waals surface area contributed by atoms with Gasteiger partial charge in [-0.05, 0) is 37.6 Å². The molecule has 1 unspecified atom stereocenters. The predicted molar refractivity (Wildman–Crippen MR) is 153 cm³/mol. The smallest absolute Gasteiger partial charge is 0.412 e. The zero-order valence-electron chi connectivity index (χ0n) is 22.5. The number of carbonyl (C=O) groups is 2. The molecule has 9 nitrogen and oxygen atoms in total. The van der Waals surface area contributed by atoms with E-state index in [9.17, 15) is 9.59 Å². The minimum atomic E-state index is -0.809. The summed E-state index contributed by atoms with van der Waals surface area (Å²) in [6.45, 7) is 7.20. The molecule has 3 aromatic rings. The summed E-state index contributed by atoms with van der Waals surface area (Å²) in [7, 11) is 2.08. The largest absolute Gasteiger partial charge is 0.459 e. The number of fused-ring (bicyclic) bond motifs is 2. The Hall–Kier alpha value is -3.89. The average molecular weight is 549 g/mol. The molecular formula is C29H34N5O4S+. The molecule has 1 fully saturated rings. The molecule has 10 heteroatoms. The molecule has 0 radical (unpaired) electrons. The van der Waals surface area contributed by atoms with Crippen molar-refractivity contribution >= 4 is 45.6 Å². The van der Waals surface area contributed by atoms with Crippen LogP contribution in [0.5, 0.6) is 0 Å². The fourth-order valence-corrected chi connectivity index (χ4v) is 5.54. The maximum atomic E-state index is 12.4. The van der Waals surface area contributed by atoms with Gasteiger partial charge in [0.1, 0.15) is 23.5 Å². The van der Waals surface area contributed by atoms with Gasteiger partial charge < -0.3 is 25.0 Å². The van der Waals surface area contributed by atoms with E-state index in [1.165, 1.54) is 4.88 Å². The molecule has 2 aliphatic heterocycles. The molecule has 5 rings (SSSR count). The van der Waals surface area contributed by atoms with Crippen LogP contribution >= 0.6 is 11.3 Å². The number of nitrogens with zero attached hydrogens (tertiary/aromatic N) is 3. The maximum Gasteiger partial charge on any atom is 0.412 e. The van der Waals surface area contributed by atoms with Crippen LogP contribution in [0.3, 0.4) is 0 Å². The van der Waals surface area contributed by atoms with Gasteiger partial charge in [0, 0.05) is 4.88 Å². The van der Waals surface area contributed by atoms with Crippen LogP contribution in [0.2, 0.25) is 0 Å². The minimum Gasteiger partial charge on any atom is -0.459 e. The van der Waals surface area contributed by atoms with E-state index >= 15 is 0 Å². The first-order valence-electron chi connectivity index (χ1n) is 13.1. The lowest BCUT2D eigenvalue weighted by Crippen LogP contribution is -2.59. The van der Waals surface area contributed by atoms with Gasteiger partial charge >= 0.3 is 12.1 Å². The van der Waals surface area contributed by atoms with Crippen molar-refractivity contribution in [3.8, 4) is 0 Å². The van der Waals surface area contributed by atoms with Crippen LogP contribution in [0.25, 0.3) is 0 Å². The number of hydrogen-bond donors (Lipinski definition) is 2. The predicted octanol–water partition coefficient (Wildman–Crippen LogP) is 4.77. The molecule has 1 amide bonds. The topological polar surface area (TPSA) is 92.3 Å². The van der Waals surface area contributed by atoms with Crippen LogP contribution in [0.15, 0.2) is 65.7 Å². The van der Waals surface area contributed by atoms with Gasteiger partial charge in [-0.2, -0.15) is 0 Å². The van der Waals surface area contributed by atoms with Crippen LogP contribution in [-0.2, 0) is 20.9 Å². The summed E-state index contributed by atoms with van der Waals surface area (Å²) in [6, 6.07) is 18.9. The van der Waals surface area contributed by atoms with E-state index in [-0.39, 0.29) is 13.3 Å². The number of piperazine rings is 1.